The summed E-state index contributed by atoms with van der Waals surface area (Å²) < 4.78 is 18.9. The molecule has 1 aromatic rings. The normalized spacial score (nSPS) is 15.3. The Bertz CT molecular complexity index is 341. The molecule has 82 valence electrons. The first kappa shape index (κ1) is 10.9. The number of rotatable bonds is 5. The van der Waals surface area contributed by atoms with Gasteiger partial charge in [0, 0.05) is 18.7 Å². The van der Waals surface area contributed by atoms with Crippen LogP contribution in [0.15, 0.2) is 22.7 Å². The molecule has 2 rings (SSSR count). The molecular weight excluding hydrogens is 261 g/mol. The van der Waals surface area contributed by atoms with Gasteiger partial charge in [0.2, 0.25) is 0 Å². The molecule has 0 amide bonds. The number of nitrogens with one attached hydrogen (secondary N) is 1. The molecule has 0 saturated heterocycles. The van der Waals surface area contributed by atoms with E-state index in [2.05, 4.69) is 21.2 Å². The van der Waals surface area contributed by atoms with Crippen LogP contribution in [-0.4, -0.2) is 19.2 Å². The largest absolute Gasteiger partial charge is 0.492 e. The average molecular weight is 274 g/mol. The smallest absolute Gasteiger partial charge is 0.141 e. The highest BCUT2D eigenvalue weighted by atomic mass is 79.9. The quantitative estimate of drug-likeness (QED) is 0.833. The van der Waals surface area contributed by atoms with E-state index in [1.54, 1.807) is 12.1 Å². The van der Waals surface area contributed by atoms with Crippen LogP contribution in [0.25, 0.3) is 0 Å². The van der Waals surface area contributed by atoms with Crippen molar-refractivity contribution in [3.05, 3.63) is 28.5 Å². The first-order valence-electron chi connectivity index (χ1n) is 5.07. The summed E-state index contributed by atoms with van der Waals surface area (Å²) in [6.45, 7) is 1.40. The molecule has 1 N–H and O–H groups in total. The van der Waals surface area contributed by atoms with Crippen molar-refractivity contribution in [1.82, 2.24) is 5.32 Å². The van der Waals surface area contributed by atoms with Crippen LogP contribution in [0.3, 0.4) is 0 Å². The van der Waals surface area contributed by atoms with Crippen molar-refractivity contribution in [3.63, 3.8) is 0 Å². The molecule has 2 nitrogen and oxygen atoms in total. The number of benzene rings is 1. The van der Waals surface area contributed by atoms with Gasteiger partial charge in [-0.25, -0.2) is 4.39 Å². The average Bonchev–Trinajstić information content (AvgIpc) is 3.02. The Kier molecular flexibility index (Phi) is 3.59. The van der Waals surface area contributed by atoms with Crippen LogP contribution < -0.4 is 10.1 Å². The Morgan fingerprint density at radius 1 is 1.47 bits per heavy atom. The third-order valence-corrected chi connectivity index (χ3v) is 2.92. The minimum absolute atomic E-state index is 0.289. The molecule has 1 fully saturated rings. The molecule has 15 heavy (non-hydrogen) atoms. The van der Waals surface area contributed by atoms with Gasteiger partial charge < -0.3 is 10.1 Å². The third kappa shape index (κ3) is 3.47. The number of hydrogen-bond donors (Lipinski definition) is 1. The van der Waals surface area contributed by atoms with Gasteiger partial charge in [-0.2, -0.15) is 0 Å². The summed E-state index contributed by atoms with van der Waals surface area (Å²) in [6, 6.07) is 5.49. The van der Waals surface area contributed by atoms with E-state index in [1.165, 1.54) is 18.9 Å². The topological polar surface area (TPSA) is 21.3 Å². The van der Waals surface area contributed by atoms with Crippen LogP contribution in [0.4, 0.5) is 4.39 Å². The molecule has 4 heteroatoms. The maximum Gasteiger partial charge on any atom is 0.141 e. The second-order valence-electron chi connectivity index (χ2n) is 3.65. The van der Waals surface area contributed by atoms with E-state index in [4.69, 9.17) is 4.74 Å². The van der Waals surface area contributed by atoms with Gasteiger partial charge in [0.25, 0.3) is 0 Å². The lowest BCUT2D eigenvalue weighted by molar-refractivity contribution is 0.312. The van der Waals surface area contributed by atoms with Gasteiger partial charge in [-0.3, -0.25) is 0 Å². The highest BCUT2D eigenvalue weighted by Crippen LogP contribution is 2.21. The predicted molar refractivity (Wildman–Crippen MR) is 60.6 cm³/mol. The Balaban J connectivity index is 1.74. The van der Waals surface area contributed by atoms with E-state index in [0.717, 1.165) is 6.54 Å². The maximum absolute atomic E-state index is 13.1. The van der Waals surface area contributed by atoms with Crippen molar-refractivity contribution < 1.29 is 9.13 Å². The molecule has 0 spiro atoms. The third-order valence-electron chi connectivity index (χ3n) is 2.27. The zero-order valence-electron chi connectivity index (χ0n) is 8.30. The zero-order valence-corrected chi connectivity index (χ0v) is 9.89. The summed E-state index contributed by atoms with van der Waals surface area (Å²) in [7, 11) is 0. The molecule has 0 aromatic heterocycles. The Morgan fingerprint density at radius 2 is 2.27 bits per heavy atom. The Morgan fingerprint density at radius 3 is 2.93 bits per heavy atom. The summed E-state index contributed by atoms with van der Waals surface area (Å²) in [5.41, 5.74) is 0. The molecule has 0 unspecified atom stereocenters. The molecular formula is C11H13BrFNO. The summed E-state index contributed by atoms with van der Waals surface area (Å²) in [5.74, 6) is 0.288. The van der Waals surface area contributed by atoms with Gasteiger partial charge in [-0.1, -0.05) is 0 Å². The summed E-state index contributed by atoms with van der Waals surface area (Å²) in [6.07, 6.45) is 2.54. The summed E-state index contributed by atoms with van der Waals surface area (Å²) in [5, 5.41) is 3.32. The minimum Gasteiger partial charge on any atom is -0.492 e. The number of ether oxygens (including phenoxy) is 1. The zero-order chi connectivity index (χ0) is 10.7. The second kappa shape index (κ2) is 4.94. The van der Waals surface area contributed by atoms with Crippen LogP contribution in [-0.2, 0) is 0 Å². The first-order chi connectivity index (χ1) is 7.25. The fourth-order valence-corrected chi connectivity index (χ4v) is 1.53. The van der Waals surface area contributed by atoms with E-state index < -0.39 is 0 Å². The van der Waals surface area contributed by atoms with Gasteiger partial charge >= 0.3 is 0 Å². The van der Waals surface area contributed by atoms with Crippen molar-refractivity contribution >= 4 is 15.9 Å². The van der Waals surface area contributed by atoms with Crippen molar-refractivity contribution in [2.45, 2.75) is 18.9 Å². The highest BCUT2D eigenvalue weighted by Gasteiger charge is 2.19. The fraction of sp³-hybridized carbons (Fsp3) is 0.455. The van der Waals surface area contributed by atoms with Gasteiger partial charge in [0.1, 0.15) is 18.2 Å². The molecule has 0 aliphatic heterocycles. The molecule has 1 aliphatic rings. The van der Waals surface area contributed by atoms with E-state index in [-0.39, 0.29) is 5.82 Å². The number of halogens is 2. The van der Waals surface area contributed by atoms with E-state index >= 15 is 0 Å². The summed E-state index contributed by atoms with van der Waals surface area (Å²) in [4.78, 5) is 0. The predicted octanol–water partition coefficient (Wildman–Crippen LogP) is 2.72. The first-order valence-corrected chi connectivity index (χ1v) is 5.86. The van der Waals surface area contributed by atoms with Crippen LogP contribution in [0.5, 0.6) is 5.75 Å². The van der Waals surface area contributed by atoms with Crippen molar-refractivity contribution in [2.24, 2.45) is 0 Å². The number of hydrogen-bond acceptors (Lipinski definition) is 2. The second-order valence-corrected chi connectivity index (χ2v) is 4.51. The van der Waals surface area contributed by atoms with Crippen molar-refractivity contribution in [2.75, 3.05) is 13.2 Å². The van der Waals surface area contributed by atoms with Gasteiger partial charge in [-0.15, -0.1) is 0 Å². The molecule has 1 aliphatic carbocycles. The lowest BCUT2D eigenvalue weighted by atomic mass is 10.3. The van der Waals surface area contributed by atoms with Crippen molar-refractivity contribution in [1.29, 1.82) is 0 Å². The van der Waals surface area contributed by atoms with E-state index in [1.807, 2.05) is 0 Å². The highest BCUT2D eigenvalue weighted by molar-refractivity contribution is 9.10. The molecule has 1 aromatic carbocycles. The summed E-state index contributed by atoms with van der Waals surface area (Å²) >= 11 is 3.10. The van der Waals surface area contributed by atoms with Crippen LogP contribution in [0, 0.1) is 5.82 Å². The van der Waals surface area contributed by atoms with Gasteiger partial charge in [0.15, 0.2) is 0 Å². The van der Waals surface area contributed by atoms with Crippen molar-refractivity contribution in [3.8, 4) is 5.75 Å². The van der Waals surface area contributed by atoms with E-state index in [9.17, 15) is 4.39 Å². The maximum atomic E-state index is 13.1. The van der Waals surface area contributed by atoms with Gasteiger partial charge in [0.05, 0.1) is 4.47 Å². The van der Waals surface area contributed by atoms with Crippen LogP contribution in [0.2, 0.25) is 0 Å². The molecule has 0 heterocycles. The molecule has 1 saturated carbocycles. The SMILES string of the molecule is Fc1cc(OCCNC2CC2)ccc1Br. The monoisotopic (exact) mass is 273 g/mol. The standard InChI is InChI=1S/C11H13BrFNO/c12-10-4-3-9(7-11(10)13)15-6-5-14-8-1-2-8/h3-4,7-8,14H,1-2,5-6H2. The Hall–Kier alpha value is -0.610. The molecule has 0 radical (unpaired) electrons. The lowest BCUT2D eigenvalue weighted by Crippen LogP contribution is -2.22. The Labute approximate surface area is 96.9 Å². The molecule has 0 atom stereocenters. The van der Waals surface area contributed by atoms with Gasteiger partial charge in [-0.05, 0) is 40.9 Å². The fourth-order valence-electron chi connectivity index (χ4n) is 1.29. The minimum atomic E-state index is -0.289. The van der Waals surface area contributed by atoms with E-state index in [0.29, 0.717) is 22.9 Å². The molecule has 0 bridgehead atoms. The lowest BCUT2D eigenvalue weighted by Gasteiger charge is -2.07. The van der Waals surface area contributed by atoms with Crippen LogP contribution in [0.1, 0.15) is 12.8 Å². The van der Waals surface area contributed by atoms with Crippen LogP contribution >= 0.6 is 15.9 Å².